The van der Waals surface area contributed by atoms with Crippen molar-refractivity contribution in [1.29, 1.82) is 0 Å². The predicted molar refractivity (Wildman–Crippen MR) is 76.8 cm³/mol. The van der Waals surface area contributed by atoms with E-state index in [9.17, 15) is 0 Å². The summed E-state index contributed by atoms with van der Waals surface area (Å²) in [5.74, 6) is 0. The highest BCUT2D eigenvalue weighted by Gasteiger charge is 2.16. The zero-order chi connectivity index (χ0) is 12.9. The molecule has 0 N–H and O–H groups in total. The molecule has 1 heteroatoms. The Morgan fingerprint density at radius 2 is 1.50 bits per heavy atom. The Bertz CT molecular complexity index is 770. The minimum absolute atomic E-state index is 1.31. The summed E-state index contributed by atoms with van der Waals surface area (Å²) in [5.41, 5.74) is 5.38. The van der Waals surface area contributed by atoms with Crippen LogP contribution < -0.4 is 4.57 Å². The van der Waals surface area contributed by atoms with E-state index in [1.807, 2.05) is 0 Å². The zero-order valence-electron chi connectivity index (χ0n) is 11.4. The molecule has 1 nitrogen and oxygen atoms in total. The van der Waals surface area contributed by atoms with Gasteiger partial charge >= 0.3 is 0 Å². The van der Waals surface area contributed by atoms with E-state index in [1.165, 1.54) is 38.5 Å². The quantitative estimate of drug-likeness (QED) is 0.413. The first-order chi connectivity index (χ1) is 8.61. The molecule has 0 fully saturated rings. The molecule has 0 unspecified atom stereocenters. The average Bonchev–Trinajstić information content (AvgIpc) is 2.39. The van der Waals surface area contributed by atoms with Crippen molar-refractivity contribution in [3.05, 3.63) is 53.2 Å². The van der Waals surface area contributed by atoms with Crippen LogP contribution in [0.5, 0.6) is 0 Å². The second-order valence-corrected chi connectivity index (χ2v) is 5.09. The maximum absolute atomic E-state index is 2.30. The molecule has 0 saturated heterocycles. The predicted octanol–water partition coefficient (Wildman–Crippen LogP) is 3.74. The lowest BCUT2D eigenvalue weighted by Gasteiger charge is -2.10. The van der Waals surface area contributed by atoms with Gasteiger partial charge in [0.25, 0.3) is 0 Å². The van der Waals surface area contributed by atoms with Gasteiger partial charge in [0, 0.05) is 23.8 Å². The summed E-state index contributed by atoms with van der Waals surface area (Å²) in [5, 5.41) is 4.10. The monoisotopic (exact) mass is 236 g/mol. The Morgan fingerprint density at radius 3 is 2.22 bits per heavy atom. The second kappa shape index (κ2) is 3.81. The molecule has 0 aliphatic rings. The van der Waals surface area contributed by atoms with E-state index in [1.54, 1.807) is 0 Å². The van der Waals surface area contributed by atoms with Crippen LogP contribution in [0, 0.1) is 20.8 Å². The fraction of sp³-hybridized carbons (Fsp3) is 0.235. The highest BCUT2D eigenvalue weighted by Crippen LogP contribution is 2.28. The third-order valence-electron chi connectivity index (χ3n) is 4.16. The fourth-order valence-corrected chi connectivity index (χ4v) is 2.80. The molecule has 0 bridgehead atoms. The van der Waals surface area contributed by atoms with Gasteiger partial charge < -0.3 is 0 Å². The van der Waals surface area contributed by atoms with Gasteiger partial charge in [-0.2, -0.15) is 4.57 Å². The van der Waals surface area contributed by atoms with E-state index in [-0.39, 0.29) is 0 Å². The largest absolute Gasteiger partial charge is 0.213 e. The maximum Gasteiger partial charge on any atom is 0.213 e. The smallest absolute Gasteiger partial charge is 0.198 e. The molecular formula is C17H18N+. The molecule has 1 heterocycles. The van der Waals surface area contributed by atoms with Crippen molar-refractivity contribution in [2.45, 2.75) is 20.8 Å². The number of aryl methyl sites for hydroxylation is 4. The average molecular weight is 236 g/mol. The van der Waals surface area contributed by atoms with Crippen LogP contribution in [0.3, 0.4) is 0 Å². The summed E-state index contributed by atoms with van der Waals surface area (Å²) in [4.78, 5) is 0. The molecule has 0 radical (unpaired) electrons. The number of hydrogen-bond acceptors (Lipinski definition) is 0. The van der Waals surface area contributed by atoms with E-state index in [0.29, 0.717) is 0 Å². The van der Waals surface area contributed by atoms with E-state index < -0.39 is 0 Å². The Balaban J connectivity index is 2.71. The van der Waals surface area contributed by atoms with Crippen LogP contribution >= 0.6 is 0 Å². The van der Waals surface area contributed by atoms with Crippen LogP contribution in [0.1, 0.15) is 16.8 Å². The lowest BCUT2D eigenvalue weighted by atomic mass is 9.97. The first kappa shape index (κ1) is 11.2. The molecule has 90 valence electrons. The maximum atomic E-state index is 2.30. The molecule has 0 spiro atoms. The van der Waals surface area contributed by atoms with E-state index >= 15 is 0 Å². The molecule has 1 aromatic heterocycles. The van der Waals surface area contributed by atoms with Gasteiger partial charge in [0.2, 0.25) is 5.52 Å². The minimum Gasteiger partial charge on any atom is -0.198 e. The SMILES string of the molecule is Cc1ccc2c(c1C)c1ccccc1c(C)[n+]2C. The van der Waals surface area contributed by atoms with Gasteiger partial charge in [-0.05, 0) is 31.0 Å². The number of pyridine rings is 1. The molecule has 2 aromatic carbocycles. The first-order valence-electron chi connectivity index (χ1n) is 6.38. The number of nitrogens with zero attached hydrogens (tertiary/aromatic N) is 1. The molecule has 0 atom stereocenters. The van der Waals surface area contributed by atoms with E-state index in [2.05, 4.69) is 68.8 Å². The molecule has 3 rings (SSSR count). The lowest BCUT2D eigenvalue weighted by Crippen LogP contribution is -2.33. The van der Waals surface area contributed by atoms with Crippen LogP contribution in [0.2, 0.25) is 0 Å². The molecule has 0 aliphatic heterocycles. The number of aromatic nitrogens is 1. The van der Waals surface area contributed by atoms with Crippen molar-refractivity contribution in [2.24, 2.45) is 7.05 Å². The van der Waals surface area contributed by atoms with Crippen LogP contribution in [0.15, 0.2) is 36.4 Å². The third-order valence-corrected chi connectivity index (χ3v) is 4.16. The van der Waals surface area contributed by atoms with Crippen molar-refractivity contribution in [3.8, 4) is 0 Å². The van der Waals surface area contributed by atoms with E-state index in [0.717, 1.165) is 0 Å². The molecule has 0 aliphatic carbocycles. The summed E-state index contributed by atoms with van der Waals surface area (Å²) < 4.78 is 2.30. The van der Waals surface area contributed by atoms with Gasteiger partial charge in [-0.1, -0.05) is 24.3 Å². The van der Waals surface area contributed by atoms with Crippen molar-refractivity contribution in [2.75, 3.05) is 0 Å². The third kappa shape index (κ3) is 1.37. The normalized spacial score (nSPS) is 11.3. The molecule has 3 aromatic rings. The Labute approximate surface area is 108 Å². The van der Waals surface area contributed by atoms with Crippen molar-refractivity contribution >= 4 is 21.7 Å². The zero-order valence-corrected chi connectivity index (χ0v) is 11.4. The topological polar surface area (TPSA) is 3.88 Å². The summed E-state index contributed by atoms with van der Waals surface area (Å²) in [7, 11) is 2.15. The molecule has 0 amide bonds. The standard InChI is InChI=1S/C17H18N/c1-11-9-10-16-17(12(11)2)15-8-6-5-7-14(15)13(3)18(16)4/h5-10H,1-4H3/q+1. The molecular weight excluding hydrogens is 218 g/mol. The van der Waals surface area contributed by atoms with Crippen molar-refractivity contribution < 1.29 is 4.57 Å². The highest BCUT2D eigenvalue weighted by atomic mass is 14.9. The van der Waals surface area contributed by atoms with Gasteiger partial charge in [0.05, 0.1) is 5.39 Å². The Kier molecular flexibility index (Phi) is 2.37. The molecule has 0 saturated carbocycles. The molecule has 18 heavy (non-hydrogen) atoms. The minimum atomic E-state index is 1.31. The summed E-state index contributed by atoms with van der Waals surface area (Å²) in [6.07, 6.45) is 0. The summed E-state index contributed by atoms with van der Waals surface area (Å²) >= 11 is 0. The van der Waals surface area contributed by atoms with Gasteiger partial charge in [-0.25, -0.2) is 0 Å². The number of fused-ring (bicyclic) bond motifs is 3. The number of hydrogen-bond donors (Lipinski definition) is 0. The van der Waals surface area contributed by atoms with Crippen LogP contribution in [-0.2, 0) is 7.05 Å². The van der Waals surface area contributed by atoms with Crippen molar-refractivity contribution in [1.82, 2.24) is 0 Å². The van der Waals surface area contributed by atoms with Gasteiger partial charge in [-0.15, -0.1) is 0 Å². The first-order valence-corrected chi connectivity index (χ1v) is 6.38. The van der Waals surface area contributed by atoms with Crippen LogP contribution in [0.25, 0.3) is 21.7 Å². The second-order valence-electron chi connectivity index (χ2n) is 5.09. The van der Waals surface area contributed by atoms with Gasteiger partial charge in [0.1, 0.15) is 7.05 Å². The summed E-state index contributed by atoms with van der Waals surface area (Å²) in [6, 6.07) is 13.1. The van der Waals surface area contributed by atoms with Crippen LogP contribution in [-0.4, -0.2) is 0 Å². The Morgan fingerprint density at radius 1 is 0.833 bits per heavy atom. The highest BCUT2D eigenvalue weighted by molar-refractivity contribution is 6.06. The lowest BCUT2D eigenvalue weighted by molar-refractivity contribution is -0.649. The number of rotatable bonds is 0. The van der Waals surface area contributed by atoms with Crippen molar-refractivity contribution in [3.63, 3.8) is 0 Å². The van der Waals surface area contributed by atoms with E-state index in [4.69, 9.17) is 0 Å². The number of benzene rings is 2. The van der Waals surface area contributed by atoms with Gasteiger partial charge in [-0.3, -0.25) is 0 Å². The summed E-state index contributed by atoms with van der Waals surface area (Å²) in [6.45, 7) is 6.60. The Hall–Kier alpha value is -1.89. The van der Waals surface area contributed by atoms with Crippen LogP contribution in [0.4, 0.5) is 0 Å². The van der Waals surface area contributed by atoms with Gasteiger partial charge in [0.15, 0.2) is 5.69 Å². The fourth-order valence-electron chi connectivity index (χ4n) is 2.80.